The van der Waals surface area contributed by atoms with E-state index in [0.717, 1.165) is 23.7 Å². The Morgan fingerprint density at radius 1 is 1.39 bits per heavy atom. The van der Waals surface area contributed by atoms with Crippen molar-refractivity contribution in [2.75, 3.05) is 5.32 Å². The summed E-state index contributed by atoms with van der Waals surface area (Å²) in [4.78, 5) is 11.5. The number of ketones is 1. The number of aryl methyl sites for hydroxylation is 1. The van der Waals surface area contributed by atoms with E-state index < -0.39 is 11.6 Å². The smallest absolute Gasteiger partial charge is 0.164 e. The van der Waals surface area contributed by atoms with Crippen LogP contribution in [0.2, 0.25) is 0 Å². The zero-order valence-electron chi connectivity index (χ0n) is 9.75. The highest BCUT2D eigenvalue weighted by Gasteiger charge is 2.16. The van der Waals surface area contributed by atoms with Crippen molar-refractivity contribution >= 4 is 28.0 Å². The molecule has 0 bridgehead atoms. The molecule has 6 heteroatoms. The van der Waals surface area contributed by atoms with Crippen LogP contribution in [-0.2, 0) is 0 Å². The Kier molecular flexibility index (Phi) is 3.38. The van der Waals surface area contributed by atoms with Crippen molar-refractivity contribution in [3.8, 4) is 0 Å². The number of carbonyl (C=O) groups is 1. The van der Waals surface area contributed by atoms with Gasteiger partial charge in [0.2, 0.25) is 0 Å². The lowest BCUT2D eigenvalue weighted by molar-refractivity contribution is 0.101. The first-order valence-corrected chi connectivity index (χ1v) is 5.95. The molecule has 94 valence electrons. The van der Waals surface area contributed by atoms with Crippen molar-refractivity contribution in [1.29, 1.82) is 0 Å². The first kappa shape index (κ1) is 12.6. The third kappa shape index (κ3) is 2.38. The molecule has 0 saturated carbocycles. The normalized spacial score (nSPS) is 10.4. The minimum absolute atomic E-state index is 0.113. The number of benzene rings is 1. The van der Waals surface area contributed by atoms with Crippen molar-refractivity contribution in [1.82, 2.24) is 4.37 Å². The molecule has 0 amide bonds. The molecule has 2 rings (SSSR count). The third-order valence-corrected chi connectivity index (χ3v) is 3.25. The van der Waals surface area contributed by atoms with Gasteiger partial charge in [-0.3, -0.25) is 4.79 Å². The lowest BCUT2D eigenvalue weighted by Crippen LogP contribution is -2.00. The number of rotatable bonds is 3. The second-order valence-electron chi connectivity index (χ2n) is 3.78. The van der Waals surface area contributed by atoms with Crippen LogP contribution in [0.4, 0.5) is 19.5 Å². The molecular weight excluding hydrogens is 258 g/mol. The number of Topliss-reactive ketones (excluding diaryl/α,β-unsaturated/α-hetero) is 1. The molecule has 0 spiro atoms. The van der Waals surface area contributed by atoms with Crippen LogP contribution in [0.5, 0.6) is 0 Å². The number of nitrogens with zero attached hydrogens (tertiary/aromatic N) is 1. The molecule has 0 saturated heterocycles. The van der Waals surface area contributed by atoms with Gasteiger partial charge in [0.05, 0.1) is 16.9 Å². The van der Waals surface area contributed by atoms with E-state index in [9.17, 15) is 13.6 Å². The van der Waals surface area contributed by atoms with Crippen molar-refractivity contribution < 1.29 is 13.6 Å². The Balaban J connectivity index is 2.37. The quantitative estimate of drug-likeness (QED) is 0.863. The predicted octanol–water partition coefficient (Wildman–Crippen LogP) is 3.68. The number of nitrogens with one attached hydrogen (secondary N) is 1. The fourth-order valence-corrected chi connectivity index (χ4v) is 2.44. The average Bonchev–Trinajstić information content (AvgIpc) is 2.64. The van der Waals surface area contributed by atoms with Gasteiger partial charge in [-0.2, -0.15) is 4.37 Å². The summed E-state index contributed by atoms with van der Waals surface area (Å²) >= 11 is 1.07. The Hall–Kier alpha value is -1.82. The fourth-order valence-electron chi connectivity index (χ4n) is 1.58. The Morgan fingerprint density at radius 2 is 2.11 bits per heavy atom. The van der Waals surface area contributed by atoms with Crippen molar-refractivity contribution in [3.63, 3.8) is 0 Å². The molecule has 0 aliphatic heterocycles. The van der Waals surface area contributed by atoms with Crippen LogP contribution < -0.4 is 5.32 Å². The molecule has 1 aromatic carbocycles. The minimum Gasteiger partial charge on any atom is -0.343 e. The van der Waals surface area contributed by atoms with Gasteiger partial charge < -0.3 is 5.32 Å². The molecule has 0 atom stereocenters. The molecule has 2 aromatic rings. The maximum Gasteiger partial charge on any atom is 0.164 e. The largest absolute Gasteiger partial charge is 0.343 e. The number of carbonyl (C=O) groups excluding carboxylic acids is 1. The molecule has 0 unspecified atom stereocenters. The lowest BCUT2D eigenvalue weighted by Gasteiger charge is -2.06. The van der Waals surface area contributed by atoms with E-state index in [4.69, 9.17) is 0 Å². The van der Waals surface area contributed by atoms with Crippen LogP contribution in [0.3, 0.4) is 0 Å². The fraction of sp³-hybridized carbons (Fsp3) is 0.167. The Morgan fingerprint density at radius 3 is 2.72 bits per heavy atom. The number of aromatic nitrogens is 1. The first-order valence-electron chi connectivity index (χ1n) is 5.18. The summed E-state index contributed by atoms with van der Waals surface area (Å²) in [5, 5.41) is 3.23. The maximum atomic E-state index is 13.5. The van der Waals surface area contributed by atoms with Crippen molar-refractivity contribution in [2.45, 2.75) is 13.8 Å². The Labute approximate surface area is 107 Å². The summed E-state index contributed by atoms with van der Waals surface area (Å²) in [5.74, 6) is -1.51. The summed E-state index contributed by atoms with van der Waals surface area (Å²) in [5.41, 5.74) is 1.14. The molecule has 1 heterocycles. The average molecular weight is 268 g/mol. The van der Waals surface area contributed by atoms with Gasteiger partial charge in [0.15, 0.2) is 5.78 Å². The lowest BCUT2D eigenvalue weighted by atomic mass is 10.2. The van der Waals surface area contributed by atoms with Gasteiger partial charge in [-0.25, -0.2) is 8.78 Å². The highest BCUT2D eigenvalue weighted by molar-refractivity contribution is 7.10. The number of anilines is 2. The van der Waals surface area contributed by atoms with Gasteiger partial charge in [-0.05, 0) is 37.5 Å². The second kappa shape index (κ2) is 4.81. The van der Waals surface area contributed by atoms with Gasteiger partial charge in [0.1, 0.15) is 16.6 Å². The predicted molar refractivity (Wildman–Crippen MR) is 66.5 cm³/mol. The third-order valence-electron chi connectivity index (χ3n) is 2.39. The molecule has 0 radical (unpaired) electrons. The first-order chi connectivity index (χ1) is 8.49. The van der Waals surface area contributed by atoms with Crippen LogP contribution in [0.25, 0.3) is 0 Å². The topological polar surface area (TPSA) is 42.0 Å². The van der Waals surface area contributed by atoms with Gasteiger partial charge in [-0.1, -0.05) is 0 Å². The number of hydrogen-bond acceptors (Lipinski definition) is 4. The molecule has 0 aliphatic rings. The summed E-state index contributed by atoms with van der Waals surface area (Å²) in [7, 11) is 0. The monoisotopic (exact) mass is 268 g/mol. The molecular formula is C12H10F2N2OS. The summed E-state index contributed by atoms with van der Waals surface area (Å²) < 4.78 is 30.3. The van der Waals surface area contributed by atoms with Crippen molar-refractivity contribution in [3.05, 3.63) is 41.1 Å². The molecule has 1 N–H and O–H groups in total. The summed E-state index contributed by atoms with van der Waals surface area (Å²) in [6, 6.07) is 3.21. The summed E-state index contributed by atoms with van der Waals surface area (Å²) in [6.45, 7) is 3.13. The standard InChI is InChI=1S/C12H10F2N2OS/c1-6-11(7(2)17)12(18-16-6)15-10-4-3-8(13)5-9(10)14/h3-5,15H,1-2H3. The van der Waals surface area contributed by atoms with E-state index in [0.29, 0.717) is 16.3 Å². The number of halogens is 2. The Bertz CT molecular complexity index is 610. The van der Waals surface area contributed by atoms with E-state index in [1.807, 2.05) is 0 Å². The zero-order valence-corrected chi connectivity index (χ0v) is 10.6. The molecule has 1 aromatic heterocycles. The van der Waals surface area contributed by atoms with Gasteiger partial charge >= 0.3 is 0 Å². The molecule has 3 nitrogen and oxygen atoms in total. The molecule has 0 fully saturated rings. The van der Waals surface area contributed by atoms with Crippen LogP contribution in [0.15, 0.2) is 18.2 Å². The number of hydrogen-bond donors (Lipinski definition) is 1. The zero-order chi connectivity index (χ0) is 13.3. The van der Waals surface area contributed by atoms with Crippen molar-refractivity contribution in [2.24, 2.45) is 0 Å². The van der Waals surface area contributed by atoms with E-state index in [1.165, 1.54) is 13.0 Å². The highest BCUT2D eigenvalue weighted by Crippen LogP contribution is 2.29. The van der Waals surface area contributed by atoms with E-state index in [-0.39, 0.29) is 11.5 Å². The van der Waals surface area contributed by atoms with Gasteiger partial charge in [-0.15, -0.1) is 0 Å². The molecule has 0 aliphatic carbocycles. The van der Waals surface area contributed by atoms with Crippen LogP contribution in [0, 0.1) is 18.6 Å². The minimum atomic E-state index is -0.712. The molecule has 18 heavy (non-hydrogen) atoms. The van der Waals surface area contributed by atoms with Gasteiger partial charge in [0, 0.05) is 6.07 Å². The van der Waals surface area contributed by atoms with E-state index >= 15 is 0 Å². The summed E-state index contributed by atoms with van der Waals surface area (Å²) in [6.07, 6.45) is 0. The van der Waals surface area contributed by atoms with Crippen LogP contribution >= 0.6 is 11.5 Å². The second-order valence-corrected chi connectivity index (χ2v) is 4.55. The maximum absolute atomic E-state index is 13.5. The van der Waals surface area contributed by atoms with E-state index in [1.54, 1.807) is 6.92 Å². The van der Waals surface area contributed by atoms with Gasteiger partial charge in [0.25, 0.3) is 0 Å². The highest BCUT2D eigenvalue weighted by atomic mass is 32.1. The van der Waals surface area contributed by atoms with Crippen LogP contribution in [-0.4, -0.2) is 10.2 Å². The SMILES string of the molecule is CC(=O)c1c(C)nsc1Nc1ccc(F)cc1F. The van der Waals surface area contributed by atoms with E-state index in [2.05, 4.69) is 9.69 Å². The van der Waals surface area contributed by atoms with Crippen LogP contribution in [0.1, 0.15) is 23.0 Å².